The van der Waals surface area contributed by atoms with Crippen LogP contribution >= 0.6 is 0 Å². The number of hydrogen-bond acceptors (Lipinski definition) is 4. The molecule has 23 heavy (non-hydrogen) atoms. The topological polar surface area (TPSA) is 66.3 Å². The van der Waals surface area contributed by atoms with Crippen LogP contribution < -0.4 is 0 Å². The van der Waals surface area contributed by atoms with Crippen LogP contribution in [0.3, 0.4) is 0 Å². The lowest BCUT2D eigenvalue weighted by Crippen LogP contribution is -2.33. The van der Waals surface area contributed by atoms with Crippen LogP contribution in [0.5, 0.6) is 0 Å². The van der Waals surface area contributed by atoms with Gasteiger partial charge in [0.05, 0.1) is 17.0 Å². The monoisotopic (exact) mass is 311 g/mol. The highest BCUT2D eigenvalue weighted by molar-refractivity contribution is 5.89. The van der Waals surface area contributed by atoms with E-state index in [0.717, 1.165) is 42.9 Å². The van der Waals surface area contributed by atoms with Crippen molar-refractivity contribution in [1.29, 1.82) is 0 Å². The van der Waals surface area contributed by atoms with Crippen LogP contribution in [0.2, 0.25) is 0 Å². The molecular formula is C18H21N3O2. The summed E-state index contributed by atoms with van der Waals surface area (Å²) in [5, 5.41) is 9.28. The van der Waals surface area contributed by atoms with Crippen molar-refractivity contribution < 1.29 is 9.90 Å². The van der Waals surface area contributed by atoms with Crippen molar-refractivity contribution in [3.05, 3.63) is 59.2 Å². The van der Waals surface area contributed by atoms with Crippen molar-refractivity contribution in [2.75, 3.05) is 13.1 Å². The van der Waals surface area contributed by atoms with E-state index in [1.807, 2.05) is 25.3 Å². The first-order valence-electron chi connectivity index (χ1n) is 7.95. The number of aromatic nitrogens is 2. The fourth-order valence-corrected chi connectivity index (χ4v) is 3.17. The Morgan fingerprint density at radius 2 is 2.00 bits per heavy atom. The second-order valence-electron chi connectivity index (χ2n) is 6.10. The fraction of sp³-hybridized carbons (Fsp3) is 0.389. The standard InChI is InChI=1S/C18H21N3O2/c1-13-10-19-11-17(20-13)14-6-8-21(9-7-14)12-15-4-2-3-5-16(15)18(22)23/h2-5,10-11,14H,6-9,12H2,1H3,(H,22,23). The molecule has 0 bridgehead atoms. The molecule has 0 radical (unpaired) electrons. The smallest absolute Gasteiger partial charge is 0.336 e. The second kappa shape index (κ2) is 6.87. The summed E-state index contributed by atoms with van der Waals surface area (Å²) in [7, 11) is 0. The molecule has 2 aromatic rings. The minimum absolute atomic E-state index is 0.402. The predicted molar refractivity (Wildman–Crippen MR) is 87.4 cm³/mol. The number of aryl methyl sites for hydroxylation is 1. The Morgan fingerprint density at radius 1 is 1.26 bits per heavy atom. The third-order valence-corrected chi connectivity index (χ3v) is 4.42. The number of rotatable bonds is 4. The number of hydrogen-bond donors (Lipinski definition) is 1. The maximum atomic E-state index is 11.3. The summed E-state index contributed by atoms with van der Waals surface area (Å²) in [6, 6.07) is 7.25. The Labute approximate surface area is 136 Å². The summed E-state index contributed by atoms with van der Waals surface area (Å²) in [6.45, 7) is 4.56. The van der Waals surface area contributed by atoms with Gasteiger partial charge >= 0.3 is 5.97 Å². The normalized spacial score (nSPS) is 16.4. The largest absolute Gasteiger partial charge is 0.478 e. The van der Waals surface area contributed by atoms with Gasteiger partial charge in [-0.2, -0.15) is 0 Å². The quantitative estimate of drug-likeness (QED) is 0.940. The highest BCUT2D eigenvalue weighted by Gasteiger charge is 2.23. The summed E-state index contributed by atoms with van der Waals surface area (Å²) in [4.78, 5) is 22.4. The molecule has 1 fully saturated rings. The predicted octanol–water partition coefficient (Wildman–Crippen LogP) is 2.86. The molecule has 0 spiro atoms. The van der Waals surface area contributed by atoms with E-state index in [4.69, 9.17) is 0 Å². The van der Waals surface area contributed by atoms with Crippen LogP contribution in [0.4, 0.5) is 0 Å². The first-order chi connectivity index (χ1) is 11.1. The Balaban J connectivity index is 1.63. The number of nitrogens with zero attached hydrogens (tertiary/aromatic N) is 3. The molecule has 0 unspecified atom stereocenters. The van der Waals surface area contributed by atoms with Crippen molar-refractivity contribution in [1.82, 2.24) is 14.9 Å². The molecule has 3 rings (SSSR count). The minimum atomic E-state index is -0.856. The lowest BCUT2D eigenvalue weighted by molar-refractivity contribution is 0.0694. The molecule has 5 nitrogen and oxygen atoms in total. The Kier molecular flexibility index (Phi) is 4.67. The molecule has 0 saturated carbocycles. The van der Waals surface area contributed by atoms with Gasteiger partial charge in [-0.1, -0.05) is 18.2 Å². The summed E-state index contributed by atoms with van der Waals surface area (Å²) < 4.78 is 0. The number of piperidine rings is 1. The first-order valence-corrected chi connectivity index (χ1v) is 7.95. The van der Waals surface area contributed by atoms with E-state index >= 15 is 0 Å². The minimum Gasteiger partial charge on any atom is -0.478 e. The van der Waals surface area contributed by atoms with E-state index in [1.165, 1.54) is 0 Å². The van der Waals surface area contributed by atoms with Gasteiger partial charge in [0.1, 0.15) is 0 Å². The Hall–Kier alpha value is -2.27. The van der Waals surface area contributed by atoms with Crippen molar-refractivity contribution in [3.63, 3.8) is 0 Å². The Bertz CT molecular complexity index is 694. The average molecular weight is 311 g/mol. The summed E-state index contributed by atoms with van der Waals surface area (Å²) in [5.41, 5.74) is 3.32. The van der Waals surface area contributed by atoms with Gasteiger partial charge in [-0.15, -0.1) is 0 Å². The van der Waals surface area contributed by atoms with E-state index < -0.39 is 5.97 Å². The lowest BCUT2D eigenvalue weighted by Gasteiger charge is -2.31. The summed E-state index contributed by atoms with van der Waals surface area (Å²) >= 11 is 0. The van der Waals surface area contributed by atoms with E-state index in [0.29, 0.717) is 18.0 Å². The number of likely N-dealkylation sites (tertiary alicyclic amines) is 1. The van der Waals surface area contributed by atoms with Gasteiger partial charge in [-0.3, -0.25) is 14.9 Å². The van der Waals surface area contributed by atoms with Crippen molar-refractivity contribution in [2.24, 2.45) is 0 Å². The molecule has 1 aromatic carbocycles. The molecule has 1 aliphatic heterocycles. The van der Waals surface area contributed by atoms with Gasteiger partial charge in [0.2, 0.25) is 0 Å². The highest BCUT2D eigenvalue weighted by Crippen LogP contribution is 2.27. The molecule has 5 heteroatoms. The van der Waals surface area contributed by atoms with Crippen molar-refractivity contribution in [2.45, 2.75) is 32.2 Å². The molecule has 0 aliphatic carbocycles. The van der Waals surface area contributed by atoms with Gasteiger partial charge in [0, 0.05) is 24.9 Å². The molecule has 1 aromatic heterocycles. The van der Waals surface area contributed by atoms with E-state index in [9.17, 15) is 9.90 Å². The summed E-state index contributed by atoms with van der Waals surface area (Å²) in [5.74, 6) is -0.404. The van der Waals surface area contributed by atoms with Gasteiger partial charge in [-0.25, -0.2) is 4.79 Å². The van der Waals surface area contributed by atoms with E-state index in [2.05, 4.69) is 14.9 Å². The van der Waals surface area contributed by atoms with Crippen molar-refractivity contribution in [3.8, 4) is 0 Å². The SMILES string of the molecule is Cc1cncc(C2CCN(Cc3ccccc3C(=O)O)CC2)n1. The first kappa shape index (κ1) is 15.6. The second-order valence-corrected chi connectivity index (χ2v) is 6.10. The molecular weight excluding hydrogens is 290 g/mol. The maximum Gasteiger partial charge on any atom is 0.336 e. The molecule has 1 N–H and O–H groups in total. The lowest BCUT2D eigenvalue weighted by atomic mass is 9.93. The molecule has 0 atom stereocenters. The number of aromatic carboxylic acids is 1. The number of carboxylic acid groups (broad SMARTS) is 1. The zero-order chi connectivity index (χ0) is 16.2. The Morgan fingerprint density at radius 3 is 2.70 bits per heavy atom. The van der Waals surface area contributed by atoms with E-state index in [1.54, 1.807) is 18.3 Å². The van der Waals surface area contributed by atoms with Gasteiger partial charge in [-0.05, 0) is 44.5 Å². The highest BCUT2D eigenvalue weighted by atomic mass is 16.4. The van der Waals surface area contributed by atoms with Crippen LogP contribution in [0.25, 0.3) is 0 Å². The van der Waals surface area contributed by atoms with Crippen LogP contribution in [0.1, 0.15) is 46.1 Å². The third kappa shape index (κ3) is 3.74. The fourth-order valence-electron chi connectivity index (χ4n) is 3.17. The van der Waals surface area contributed by atoms with E-state index in [-0.39, 0.29) is 0 Å². The average Bonchev–Trinajstić information content (AvgIpc) is 2.56. The van der Waals surface area contributed by atoms with Crippen LogP contribution in [-0.2, 0) is 6.54 Å². The number of carbonyl (C=O) groups is 1. The molecule has 0 amide bonds. The third-order valence-electron chi connectivity index (χ3n) is 4.42. The molecule has 2 heterocycles. The van der Waals surface area contributed by atoms with Gasteiger partial charge in [0.15, 0.2) is 0 Å². The zero-order valence-electron chi connectivity index (χ0n) is 13.3. The zero-order valence-corrected chi connectivity index (χ0v) is 13.3. The van der Waals surface area contributed by atoms with Gasteiger partial charge in [0.25, 0.3) is 0 Å². The van der Waals surface area contributed by atoms with Crippen molar-refractivity contribution >= 4 is 5.97 Å². The number of benzene rings is 1. The molecule has 1 saturated heterocycles. The maximum absolute atomic E-state index is 11.3. The number of carboxylic acids is 1. The molecule has 1 aliphatic rings. The molecule has 120 valence electrons. The van der Waals surface area contributed by atoms with Crippen LogP contribution in [0.15, 0.2) is 36.7 Å². The summed E-state index contributed by atoms with van der Waals surface area (Å²) in [6.07, 6.45) is 5.72. The van der Waals surface area contributed by atoms with Crippen LogP contribution in [-0.4, -0.2) is 39.0 Å². The van der Waals surface area contributed by atoms with Gasteiger partial charge < -0.3 is 5.11 Å². The van der Waals surface area contributed by atoms with Crippen LogP contribution in [0, 0.1) is 6.92 Å².